The number of nitrogens with zero attached hydrogens (tertiary/aromatic N) is 4. The Hall–Kier alpha value is -3.47. The molecule has 0 saturated heterocycles. The van der Waals surface area contributed by atoms with Crippen LogP contribution in [0, 0.1) is 0 Å². The van der Waals surface area contributed by atoms with E-state index in [4.69, 9.17) is 10.8 Å². The molecule has 1 aliphatic carbocycles. The summed E-state index contributed by atoms with van der Waals surface area (Å²) in [5, 5.41) is 5.75. The molecule has 1 aliphatic rings. The third kappa shape index (κ3) is 3.29. The summed E-state index contributed by atoms with van der Waals surface area (Å²) in [6.45, 7) is 2.93. The Morgan fingerprint density at radius 1 is 1.10 bits per heavy atom. The second kappa shape index (κ2) is 7.51. The Kier molecular flexibility index (Phi) is 4.89. The normalized spacial score (nSPS) is 13.3. The van der Waals surface area contributed by atoms with Crippen molar-refractivity contribution in [2.75, 3.05) is 5.73 Å². The predicted octanol–water partition coefficient (Wildman–Crippen LogP) is 5.08. The minimum absolute atomic E-state index is 0. The maximum absolute atomic E-state index is 6.24. The van der Waals surface area contributed by atoms with Gasteiger partial charge in [0.1, 0.15) is 17.8 Å². The number of rotatable bonds is 4. The smallest absolute Gasteiger partial charge is 0.163 e. The van der Waals surface area contributed by atoms with Crippen LogP contribution >= 0.6 is 0 Å². The third-order valence-electron chi connectivity index (χ3n) is 5.43. The number of allylic oxidation sites excluding steroid dienone is 1. The molecule has 146 valence electrons. The second-order valence-corrected chi connectivity index (χ2v) is 7.32. The molecule has 0 fully saturated rings. The Morgan fingerprint density at radius 2 is 1.93 bits per heavy atom. The largest absolute Gasteiger partial charge is 0.383 e. The number of anilines is 1. The van der Waals surface area contributed by atoms with Crippen molar-refractivity contribution in [2.24, 2.45) is 0 Å². The average Bonchev–Trinajstić information content (AvgIpc) is 3.33. The molecular formula is C24H25N5. The van der Waals surface area contributed by atoms with Gasteiger partial charge in [-0.15, -0.1) is 0 Å². The monoisotopic (exact) mass is 383 g/mol. The van der Waals surface area contributed by atoms with Crippen LogP contribution in [-0.2, 0) is 13.0 Å². The quantitative estimate of drug-likeness (QED) is 0.533. The van der Waals surface area contributed by atoms with E-state index in [2.05, 4.69) is 71.5 Å². The van der Waals surface area contributed by atoms with E-state index in [-0.39, 0.29) is 7.43 Å². The van der Waals surface area contributed by atoms with Crippen molar-refractivity contribution in [2.45, 2.75) is 33.2 Å². The predicted molar refractivity (Wildman–Crippen MR) is 119 cm³/mol. The van der Waals surface area contributed by atoms with E-state index in [1.165, 1.54) is 23.0 Å². The molecule has 5 nitrogen and oxygen atoms in total. The Bertz CT molecular complexity index is 1190. The zero-order valence-corrected chi connectivity index (χ0v) is 15.7. The number of nitrogens with two attached hydrogens (primary N) is 1. The van der Waals surface area contributed by atoms with Crippen molar-refractivity contribution in [3.05, 3.63) is 77.6 Å². The van der Waals surface area contributed by atoms with E-state index in [1.54, 1.807) is 0 Å². The van der Waals surface area contributed by atoms with Crippen LogP contribution in [0.5, 0.6) is 0 Å². The van der Waals surface area contributed by atoms with Crippen molar-refractivity contribution < 1.29 is 0 Å². The maximum atomic E-state index is 6.24. The van der Waals surface area contributed by atoms with Gasteiger partial charge >= 0.3 is 0 Å². The van der Waals surface area contributed by atoms with Gasteiger partial charge in [-0.1, -0.05) is 69.0 Å². The van der Waals surface area contributed by atoms with Crippen LogP contribution in [0.15, 0.2) is 60.9 Å². The molecule has 0 saturated carbocycles. The molecule has 0 aliphatic heterocycles. The maximum Gasteiger partial charge on any atom is 0.163 e. The van der Waals surface area contributed by atoms with Gasteiger partial charge in [-0.3, -0.25) is 0 Å². The Balaban J connectivity index is 0.00000205. The lowest BCUT2D eigenvalue weighted by Crippen LogP contribution is -2.08. The summed E-state index contributed by atoms with van der Waals surface area (Å²) < 4.78 is 1.96. The fourth-order valence-corrected chi connectivity index (χ4v) is 3.90. The summed E-state index contributed by atoms with van der Waals surface area (Å²) in [5.74, 6) is 0.769. The summed E-state index contributed by atoms with van der Waals surface area (Å²) in [4.78, 5) is 8.72. The molecule has 0 amide bonds. The lowest BCUT2D eigenvalue weighted by atomic mass is 10.0. The van der Waals surface area contributed by atoms with Crippen molar-refractivity contribution in [1.82, 2.24) is 19.7 Å². The van der Waals surface area contributed by atoms with Crippen LogP contribution in [0.2, 0.25) is 0 Å². The number of aromatic nitrogens is 4. The molecule has 0 bridgehead atoms. The van der Waals surface area contributed by atoms with Gasteiger partial charge in [0.05, 0.1) is 5.39 Å². The van der Waals surface area contributed by atoms with Gasteiger partial charge in [0.25, 0.3) is 0 Å². The van der Waals surface area contributed by atoms with Gasteiger partial charge in [-0.25, -0.2) is 14.6 Å². The van der Waals surface area contributed by atoms with Crippen molar-refractivity contribution >= 4 is 22.9 Å². The molecular weight excluding hydrogens is 358 g/mol. The lowest BCUT2D eigenvalue weighted by molar-refractivity contribution is 0.556. The van der Waals surface area contributed by atoms with Gasteiger partial charge < -0.3 is 5.73 Å². The van der Waals surface area contributed by atoms with Gasteiger partial charge in [0.15, 0.2) is 5.65 Å². The first kappa shape index (κ1) is 18.9. The van der Waals surface area contributed by atoms with Gasteiger partial charge in [0, 0.05) is 18.0 Å². The minimum atomic E-state index is 0. The summed E-state index contributed by atoms with van der Waals surface area (Å²) >= 11 is 0. The number of hydrogen-bond donors (Lipinski definition) is 1. The van der Waals surface area contributed by atoms with Gasteiger partial charge in [-0.2, -0.15) is 5.10 Å². The van der Waals surface area contributed by atoms with Gasteiger partial charge in [-0.05, 0) is 29.2 Å². The molecule has 2 aromatic carbocycles. The van der Waals surface area contributed by atoms with Crippen LogP contribution in [0.1, 0.15) is 37.0 Å². The molecule has 0 spiro atoms. The van der Waals surface area contributed by atoms with E-state index in [0.29, 0.717) is 11.7 Å². The molecule has 0 radical (unpaired) electrons. The SMILES string of the molecule is C.CC(Cn1nc(-c2ccc3c(c2)C=CC3)c2c(N)ncnc21)c1ccccc1. The van der Waals surface area contributed by atoms with Crippen LogP contribution in [0.4, 0.5) is 5.82 Å². The molecule has 29 heavy (non-hydrogen) atoms. The molecule has 5 heteroatoms. The first-order chi connectivity index (χ1) is 13.7. The number of nitrogen functional groups attached to an aromatic ring is 1. The van der Waals surface area contributed by atoms with Crippen LogP contribution < -0.4 is 5.73 Å². The second-order valence-electron chi connectivity index (χ2n) is 7.32. The number of hydrogen-bond acceptors (Lipinski definition) is 4. The van der Waals surface area contributed by atoms with Crippen LogP contribution in [-0.4, -0.2) is 19.7 Å². The molecule has 2 N–H and O–H groups in total. The van der Waals surface area contributed by atoms with E-state index >= 15 is 0 Å². The highest BCUT2D eigenvalue weighted by Gasteiger charge is 2.19. The van der Waals surface area contributed by atoms with E-state index < -0.39 is 0 Å². The fourth-order valence-electron chi connectivity index (χ4n) is 3.90. The zero-order chi connectivity index (χ0) is 19.1. The minimum Gasteiger partial charge on any atom is -0.383 e. The number of fused-ring (bicyclic) bond motifs is 2. The highest BCUT2D eigenvalue weighted by atomic mass is 15.3. The summed E-state index contributed by atoms with van der Waals surface area (Å²) in [6.07, 6.45) is 6.85. The third-order valence-corrected chi connectivity index (χ3v) is 5.43. The lowest BCUT2D eigenvalue weighted by Gasteiger charge is -2.12. The molecule has 1 unspecified atom stereocenters. The summed E-state index contributed by atoms with van der Waals surface area (Å²) in [6, 6.07) is 16.9. The van der Waals surface area contributed by atoms with Crippen LogP contribution in [0.3, 0.4) is 0 Å². The highest BCUT2D eigenvalue weighted by Crippen LogP contribution is 2.33. The molecule has 5 rings (SSSR count). The Labute approximate surface area is 170 Å². The topological polar surface area (TPSA) is 69.6 Å². The van der Waals surface area contributed by atoms with Gasteiger partial charge in [0.2, 0.25) is 0 Å². The standard InChI is InChI=1S/C23H21N5.CH4/c1-15(16-6-3-2-4-7-16)13-28-23-20(22(24)25-14-26-23)21(27-28)19-11-10-17-8-5-9-18(17)12-19;/h2-7,9-12,14-15H,8,13H2,1H3,(H2,24,25,26);1H4. The van der Waals surface area contributed by atoms with E-state index in [9.17, 15) is 0 Å². The first-order valence-corrected chi connectivity index (χ1v) is 9.52. The number of benzene rings is 2. The first-order valence-electron chi connectivity index (χ1n) is 9.52. The molecule has 2 aromatic heterocycles. The average molecular weight is 383 g/mol. The zero-order valence-electron chi connectivity index (χ0n) is 15.7. The van der Waals surface area contributed by atoms with E-state index in [0.717, 1.165) is 35.3 Å². The molecule has 4 aromatic rings. The van der Waals surface area contributed by atoms with Crippen molar-refractivity contribution in [3.63, 3.8) is 0 Å². The highest BCUT2D eigenvalue weighted by molar-refractivity contribution is 5.98. The van der Waals surface area contributed by atoms with E-state index in [1.807, 2.05) is 10.7 Å². The van der Waals surface area contributed by atoms with Crippen LogP contribution in [0.25, 0.3) is 28.4 Å². The molecule has 1 atom stereocenters. The Morgan fingerprint density at radius 3 is 2.76 bits per heavy atom. The summed E-state index contributed by atoms with van der Waals surface area (Å²) in [5.41, 5.74) is 12.8. The fraction of sp³-hybridized carbons (Fsp3) is 0.208. The summed E-state index contributed by atoms with van der Waals surface area (Å²) in [7, 11) is 0. The molecule has 2 heterocycles. The van der Waals surface area contributed by atoms with Crippen molar-refractivity contribution in [3.8, 4) is 11.3 Å². The van der Waals surface area contributed by atoms with Crippen molar-refractivity contribution in [1.29, 1.82) is 0 Å².